The Morgan fingerprint density at radius 1 is 1.00 bits per heavy atom. The molecule has 3 heterocycles. The minimum absolute atomic E-state index is 0.0182. The largest absolute Gasteiger partial charge is 0.350 e. The predicted octanol–water partition coefficient (Wildman–Crippen LogP) is 2.74. The van der Waals surface area contributed by atoms with Crippen LogP contribution in [0.5, 0.6) is 0 Å². The molecule has 0 spiro atoms. The molecule has 0 aromatic heterocycles. The summed E-state index contributed by atoms with van der Waals surface area (Å²) in [5.41, 5.74) is 4.44. The van der Waals surface area contributed by atoms with Crippen molar-refractivity contribution < 1.29 is 9.59 Å². The highest BCUT2D eigenvalue weighted by Crippen LogP contribution is 2.35. The van der Waals surface area contributed by atoms with Crippen molar-refractivity contribution in [2.75, 3.05) is 32.7 Å². The van der Waals surface area contributed by atoms with Gasteiger partial charge in [-0.1, -0.05) is 42.5 Å². The zero-order valence-electron chi connectivity index (χ0n) is 16.6. The Morgan fingerprint density at radius 2 is 1.79 bits per heavy atom. The van der Waals surface area contributed by atoms with Gasteiger partial charge in [0.25, 0.3) is 5.91 Å². The van der Waals surface area contributed by atoms with Crippen LogP contribution in [0, 0.1) is 0 Å². The lowest BCUT2D eigenvalue weighted by atomic mass is 9.85. The second-order valence-electron chi connectivity index (χ2n) is 8.40. The fourth-order valence-corrected chi connectivity index (χ4v) is 5.20. The zero-order valence-corrected chi connectivity index (χ0v) is 16.6. The van der Waals surface area contributed by atoms with E-state index in [4.69, 9.17) is 0 Å². The first-order valence-corrected chi connectivity index (χ1v) is 10.7. The van der Waals surface area contributed by atoms with Crippen LogP contribution in [0.4, 0.5) is 0 Å². The van der Waals surface area contributed by atoms with Gasteiger partial charge in [-0.15, -0.1) is 0 Å². The summed E-state index contributed by atoms with van der Waals surface area (Å²) in [6.07, 6.45) is 3.03. The van der Waals surface area contributed by atoms with Crippen molar-refractivity contribution in [1.82, 2.24) is 15.1 Å². The third kappa shape index (κ3) is 3.44. The van der Waals surface area contributed by atoms with Crippen LogP contribution in [-0.4, -0.2) is 54.3 Å². The molecule has 5 rings (SSSR count). The lowest BCUT2D eigenvalue weighted by Crippen LogP contribution is -2.51. The van der Waals surface area contributed by atoms with E-state index in [1.807, 2.05) is 17.0 Å². The number of hydrogen-bond donors (Lipinski definition) is 1. The minimum atomic E-state index is -0.0259. The number of rotatable bonds is 3. The molecule has 3 aliphatic rings. The summed E-state index contributed by atoms with van der Waals surface area (Å²) in [7, 11) is 0. The first kappa shape index (κ1) is 18.4. The number of hydrogen-bond acceptors (Lipinski definition) is 3. The molecular formula is C24H27N3O2. The molecule has 1 unspecified atom stereocenters. The molecule has 0 aliphatic carbocycles. The van der Waals surface area contributed by atoms with Crippen LogP contribution in [0.25, 0.3) is 0 Å². The SMILES string of the molecule is O=C1NCC2c3c(cccc31)CCN2C(=O)CN1CCC(c2ccccc2)CC1. The van der Waals surface area contributed by atoms with Gasteiger partial charge in [-0.3, -0.25) is 14.5 Å². The van der Waals surface area contributed by atoms with E-state index in [1.54, 1.807) is 0 Å². The van der Waals surface area contributed by atoms with Gasteiger partial charge in [0.05, 0.1) is 12.6 Å². The highest BCUT2D eigenvalue weighted by molar-refractivity contribution is 5.98. The summed E-state index contributed by atoms with van der Waals surface area (Å²) in [6, 6.07) is 16.6. The minimum Gasteiger partial charge on any atom is -0.350 e. The van der Waals surface area contributed by atoms with Crippen molar-refractivity contribution in [3.8, 4) is 0 Å². The van der Waals surface area contributed by atoms with Gasteiger partial charge >= 0.3 is 0 Å². The Labute approximate surface area is 171 Å². The van der Waals surface area contributed by atoms with Gasteiger partial charge in [0.1, 0.15) is 0 Å². The van der Waals surface area contributed by atoms with Crippen LogP contribution >= 0.6 is 0 Å². The number of nitrogens with zero attached hydrogens (tertiary/aromatic N) is 2. The Bertz CT molecular complexity index is 919. The van der Waals surface area contributed by atoms with Crippen molar-refractivity contribution in [1.29, 1.82) is 0 Å². The van der Waals surface area contributed by atoms with Gasteiger partial charge in [-0.2, -0.15) is 0 Å². The topological polar surface area (TPSA) is 52.7 Å². The molecule has 29 heavy (non-hydrogen) atoms. The number of nitrogens with one attached hydrogen (secondary N) is 1. The summed E-state index contributed by atoms with van der Waals surface area (Å²) in [5.74, 6) is 0.765. The molecule has 1 saturated heterocycles. The monoisotopic (exact) mass is 389 g/mol. The summed E-state index contributed by atoms with van der Waals surface area (Å²) >= 11 is 0. The summed E-state index contributed by atoms with van der Waals surface area (Å²) in [6.45, 7) is 3.65. The molecule has 3 aliphatic heterocycles. The van der Waals surface area contributed by atoms with E-state index in [0.717, 1.165) is 50.0 Å². The van der Waals surface area contributed by atoms with Crippen molar-refractivity contribution in [3.05, 3.63) is 70.8 Å². The number of amides is 2. The smallest absolute Gasteiger partial charge is 0.251 e. The Morgan fingerprint density at radius 3 is 2.59 bits per heavy atom. The maximum absolute atomic E-state index is 13.2. The lowest BCUT2D eigenvalue weighted by Gasteiger charge is -2.42. The van der Waals surface area contributed by atoms with E-state index in [9.17, 15) is 9.59 Å². The third-order valence-electron chi connectivity index (χ3n) is 6.77. The number of likely N-dealkylation sites (tertiary alicyclic amines) is 1. The molecule has 150 valence electrons. The van der Waals surface area contributed by atoms with E-state index in [-0.39, 0.29) is 17.9 Å². The number of carbonyl (C=O) groups excluding carboxylic acids is 2. The van der Waals surface area contributed by atoms with Crippen LogP contribution in [0.15, 0.2) is 48.5 Å². The highest BCUT2D eigenvalue weighted by atomic mass is 16.2. The molecular weight excluding hydrogens is 362 g/mol. The summed E-state index contributed by atoms with van der Waals surface area (Å²) in [4.78, 5) is 29.7. The zero-order chi connectivity index (χ0) is 19.8. The summed E-state index contributed by atoms with van der Waals surface area (Å²) in [5, 5.41) is 2.97. The summed E-state index contributed by atoms with van der Waals surface area (Å²) < 4.78 is 0. The van der Waals surface area contributed by atoms with Gasteiger partial charge in [0, 0.05) is 18.7 Å². The van der Waals surface area contributed by atoms with Crippen molar-refractivity contribution in [2.24, 2.45) is 0 Å². The molecule has 1 fully saturated rings. The van der Waals surface area contributed by atoms with Crippen molar-refractivity contribution in [3.63, 3.8) is 0 Å². The molecule has 0 bridgehead atoms. The molecule has 2 aromatic carbocycles. The molecule has 5 heteroatoms. The van der Waals surface area contributed by atoms with E-state index < -0.39 is 0 Å². The molecule has 1 N–H and O–H groups in total. The fraction of sp³-hybridized carbons (Fsp3) is 0.417. The average molecular weight is 389 g/mol. The highest BCUT2D eigenvalue weighted by Gasteiger charge is 2.37. The first-order valence-electron chi connectivity index (χ1n) is 10.7. The van der Waals surface area contributed by atoms with Gasteiger partial charge in [0.15, 0.2) is 0 Å². The number of benzene rings is 2. The van der Waals surface area contributed by atoms with Crippen LogP contribution in [-0.2, 0) is 11.2 Å². The lowest BCUT2D eigenvalue weighted by molar-refractivity contribution is -0.135. The first-order chi connectivity index (χ1) is 14.2. The van der Waals surface area contributed by atoms with Crippen LogP contribution in [0.1, 0.15) is 51.8 Å². The predicted molar refractivity (Wildman–Crippen MR) is 112 cm³/mol. The van der Waals surface area contributed by atoms with Gasteiger partial charge < -0.3 is 10.2 Å². The fourth-order valence-electron chi connectivity index (χ4n) is 5.20. The van der Waals surface area contributed by atoms with E-state index in [0.29, 0.717) is 19.0 Å². The van der Waals surface area contributed by atoms with Crippen molar-refractivity contribution in [2.45, 2.75) is 31.2 Å². The number of carbonyl (C=O) groups is 2. The van der Waals surface area contributed by atoms with Crippen LogP contribution in [0.3, 0.4) is 0 Å². The molecule has 2 aromatic rings. The standard InChI is InChI=1S/C24H27N3O2/c28-22(16-26-12-9-18(10-13-26)17-5-2-1-3-6-17)27-14-11-19-7-4-8-20-23(19)21(27)15-25-24(20)29/h1-8,18,21H,9-16H2,(H,25,29). The van der Waals surface area contributed by atoms with E-state index in [2.05, 4.69) is 46.6 Å². The molecule has 0 saturated carbocycles. The average Bonchev–Trinajstić information content (AvgIpc) is 2.77. The van der Waals surface area contributed by atoms with Gasteiger partial charge in [-0.25, -0.2) is 0 Å². The normalized spacial score (nSPS) is 22.1. The van der Waals surface area contributed by atoms with Crippen LogP contribution < -0.4 is 5.32 Å². The van der Waals surface area contributed by atoms with Crippen LogP contribution in [0.2, 0.25) is 0 Å². The molecule has 1 atom stereocenters. The Balaban J connectivity index is 1.25. The molecule has 0 radical (unpaired) electrons. The van der Waals surface area contributed by atoms with Crippen molar-refractivity contribution >= 4 is 11.8 Å². The van der Waals surface area contributed by atoms with E-state index in [1.165, 1.54) is 11.1 Å². The Kier molecular flexibility index (Phi) is 4.84. The Hall–Kier alpha value is -2.66. The van der Waals surface area contributed by atoms with Gasteiger partial charge in [-0.05, 0) is 61.0 Å². The second-order valence-corrected chi connectivity index (χ2v) is 8.40. The third-order valence-corrected chi connectivity index (χ3v) is 6.77. The maximum Gasteiger partial charge on any atom is 0.251 e. The second kappa shape index (κ2) is 7.64. The van der Waals surface area contributed by atoms with Gasteiger partial charge in [0.2, 0.25) is 5.91 Å². The van der Waals surface area contributed by atoms with E-state index >= 15 is 0 Å². The quantitative estimate of drug-likeness (QED) is 0.878. The number of piperidine rings is 1. The molecule has 5 nitrogen and oxygen atoms in total. The molecule has 2 amide bonds. The maximum atomic E-state index is 13.2.